The molecule has 0 bridgehead atoms. The lowest BCUT2D eigenvalue weighted by molar-refractivity contribution is 0.415. The highest BCUT2D eigenvalue weighted by molar-refractivity contribution is 7.98. The van der Waals surface area contributed by atoms with Crippen LogP contribution in [0, 0.1) is 6.92 Å². The van der Waals surface area contributed by atoms with Crippen LogP contribution >= 0.6 is 11.8 Å². The number of thioether (sulfide) groups is 1. The van der Waals surface area contributed by atoms with E-state index in [0.717, 1.165) is 22.2 Å². The van der Waals surface area contributed by atoms with Crippen LogP contribution in [0.1, 0.15) is 16.7 Å². The Labute approximate surface area is 145 Å². The summed E-state index contributed by atoms with van der Waals surface area (Å²) in [6.45, 7) is 2.08. The summed E-state index contributed by atoms with van der Waals surface area (Å²) in [5.41, 5.74) is 3.49. The molecule has 0 N–H and O–H groups in total. The van der Waals surface area contributed by atoms with Crippen molar-refractivity contribution in [2.45, 2.75) is 17.8 Å². The van der Waals surface area contributed by atoms with Crippen molar-refractivity contribution >= 4 is 18.0 Å². The molecule has 24 heavy (non-hydrogen) atoms. The number of hydrogen-bond acceptors (Lipinski definition) is 5. The molecule has 3 rings (SSSR count). The van der Waals surface area contributed by atoms with E-state index in [0.29, 0.717) is 0 Å². The first kappa shape index (κ1) is 16.3. The molecule has 0 saturated heterocycles. The number of hydrogen-bond donors (Lipinski definition) is 0. The highest BCUT2D eigenvalue weighted by Crippen LogP contribution is 2.20. The van der Waals surface area contributed by atoms with Crippen molar-refractivity contribution in [2.24, 2.45) is 5.10 Å². The highest BCUT2D eigenvalue weighted by Gasteiger charge is 2.04. The van der Waals surface area contributed by atoms with Gasteiger partial charge in [0.1, 0.15) is 12.1 Å². The Morgan fingerprint density at radius 3 is 2.58 bits per heavy atom. The molecule has 1 aromatic heterocycles. The van der Waals surface area contributed by atoms with Gasteiger partial charge in [-0.25, -0.2) is 0 Å². The molecule has 3 aromatic rings. The first-order valence-corrected chi connectivity index (χ1v) is 8.50. The molecular weight excluding hydrogens is 320 g/mol. The topological polar surface area (TPSA) is 52.3 Å². The summed E-state index contributed by atoms with van der Waals surface area (Å²) in [6.07, 6.45) is 3.39. The van der Waals surface area contributed by atoms with Crippen LogP contribution in [0.5, 0.6) is 5.75 Å². The molecule has 0 aliphatic carbocycles. The van der Waals surface area contributed by atoms with Gasteiger partial charge < -0.3 is 4.74 Å². The van der Waals surface area contributed by atoms with Crippen LogP contribution in [-0.2, 0) is 5.75 Å². The summed E-state index contributed by atoms with van der Waals surface area (Å²) in [4.78, 5) is 0. The summed E-state index contributed by atoms with van der Waals surface area (Å²) >= 11 is 1.61. The fourth-order valence-electron chi connectivity index (χ4n) is 2.04. The molecule has 6 heteroatoms. The van der Waals surface area contributed by atoms with Gasteiger partial charge in [-0.3, -0.25) is 0 Å². The molecule has 5 nitrogen and oxygen atoms in total. The van der Waals surface area contributed by atoms with Crippen molar-refractivity contribution in [3.05, 3.63) is 71.5 Å². The maximum Gasteiger partial charge on any atom is 0.212 e. The molecule has 0 unspecified atom stereocenters. The number of benzene rings is 2. The third-order valence-corrected chi connectivity index (χ3v) is 4.44. The summed E-state index contributed by atoms with van der Waals surface area (Å²) in [5, 5.41) is 13.3. The lowest BCUT2D eigenvalue weighted by Crippen LogP contribution is -1.93. The number of methoxy groups -OCH3 is 1. The monoisotopic (exact) mass is 338 g/mol. The third kappa shape index (κ3) is 4.23. The molecule has 2 aromatic carbocycles. The molecule has 0 amide bonds. The zero-order valence-corrected chi connectivity index (χ0v) is 14.4. The van der Waals surface area contributed by atoms with E-state index in [1.807, 2.05) is 24.3 Å². The largest absolute Gasteiger partial charge is 0.497 e. The second-order valence-electron chi connectivity index (χ2n) is 5.25. The van der Waals surface area contributed by atoms with Crippen LogP contribution in [0.25, 0.3) is 0 Å². The molecule has 0 aliphatic heterocycles. The summed E-state index contributed by atoms with van der Waals surface area (Å²) < 4.78 is 6.83. The number of rotatable bonds is 6. The molecular formula is C18H18N4OS. The standard InChI is InChI=1S/C18H18N4OS/c1-14-3-5-16(6-4-14)12-24-18-21-19-13-22(18)20-11-15-7-9-17(23-2)10-8-15/h3-11,13H,12H2,1-2H3. The number of aryl methyl sites for hydroxylation is 1. The zero-order valence-electron chi connectivity index (χ0n) is 13.6. The normalized spacial score (nSPS) is 11.1. The zero-order chi connectivity index (χ0) is 16.8. The highest BCUT2D eigenvalue weighted by atomic mass is 32.2. The van der Waals surface area contributed by atoms with Crippen LogP contribution in [0.3, 0.4) is 0 Å². The second kappa shape index (κ2) is 7.79. The van der Waals surface area contributed by atoms with Crippen LogP contribution in [0.15, 0.2) is 65.1 Å². The van der Waals surface area contributed by atoms with Gasteiger partial charge in [-0.05, 0) is 42.3 Å². The van der Waals surface area contributed by atoms with E-state index in [2.05, 4.69) is 46.5 Å². The minimum Gasteiger partial charge on any atom is -0.497 e. The summed E-state index contributed by atoms with van der Waals surface area (Å²) in [5.74, 6) is 1.66. The fourth-order valence-corrected chi connectivity index (χ4v) is 2.86. The Bertz CT molecular complexity index is 810. The predicted octanol–water partition coefficient (Wildman–Crippen LogP) is 3.77. The Morgan fingerprint density at radius 2 is 1.88 bits per heavy atom. The third-order valence-electron chi connectivity index (χ3n) is 3.44. The van der Waals surface area contributed by atoms with E-state index in [4.69, 9.17) is 4.74 Å². The van der Waals surface area contributed by atoms with Gasteiger partial charge >= 0.3 is 0 Å². The van der Waals surface area contributed by atoms with Crippen molar-refractivity contribution in [1.29, 1.82) is 0 Å². The molecule has 0 saturated carbocycles. The quantitative estimate of drug-likeness (QED) is 0.507. The average Bonchev–Trinajstić information content (AvgIpc) is 3.07. The van der Waals surface area contributed by atoms with E-state index in [9.17, 15) is 0 Å². The fraction of sp³-hybridized carbons (Fsp3) is 0.167. The predicted molar refractivity (Wildman–Crippen MR) is 96.7 cm³/mol. The molecule has 0 fully saturated rings. The van der Waals surface area contributed by atoms with Gasteiger partial charge in [0.15, 0.2) is 0 Å². The first-order valence-electron chi connectivity index (χ1n) is 7.51. The Kier molecular flexibility index (Phi) is 5.28. The van der Waals surface area contributed by atoms with Crippen molar-refractivity contribution in [2.75, 3.05) is 7.11 Å². The van der Waals surface area contributed by atoms with E-state index in [1.54, 1.807) is 36.1 Å². The van der Waals surface area contributed by atoms with Gasteiger partial charge in [-0.2, -0.15) is 9.78 Å². The summed E-state index contributed by atoms with van der Waals surface area (Å²) in [6, 6.07) is 16.2. The van der Waals surface area contributed by atoms with Gasteiger partial charge in [0.2, 0.25) is 5.16 Å². The van der Waals surface area contributed by atoms with Crippen LogP contribution in [-0.4, -0.2) is 28.2 Å². The van der Waals surface area contributed by atoms with Crippen molar-refractivity contribution in [3.63, 3.8) is 0 Å². The maximum atomic E-state index is 5.15. The van der Waals surface area contributed by atoms with Crippen molar-refractivity contribution in [3.8, 4) is 5.75 Å². The van der Waals surface area contributed by atoms with Gasteiger partial charge in [-0.1, -0.05) is 41.6 Å². The van der Waals surface area contributed by atoms with Crippen LogP contribution < -0.4 is 4.74 Å². The van der Waals surface area contributed by atoms with Gasteiger partial charge in [0, 0.05) is 5.75 Å². The molecule has 0 atom stereocenters. The number of ether oxygens (including phenoxy) is 1. The van der Waals surface area contributed by atoms with Crippen LogP contribution in [0.2, 0.25) is 0 Å². The number of nitrogens with zero attached hydrogens (tertiary/aromatic N) is 4. The van der Waals surface area contributed by atoms with E-state index in [1.165, 1.54) is 11.1 Å². The maximum absolute atomic E-state index is 5.15. The Morgan fingerprint density at radius 1 is 1.12 bits per heavy atom. The molecule has 0 spiro atoms. The van der Waals surface area contributed by atoms with Crippen molar-refractivity contribution in [1.82, 2.24) is 14.9 Å². The average molecular weight is 338 g/mol. The summed E-state index contributed by atoms with van der Waals surface area (Å²) in [7, 11) is 1.65. The van der Waals surface area contributed by atoms with Crippen LogP contribution in [0.4, 0.5) is 0 Å². The molecule has 122 valence electrons. The van der Waals surface area contributed by atoms with E-state index in [-0.39, 0.29) is 0 Å². The van der Waals surface area contributed by atoms with Gasteiger partial charge in [0.25, 0.3) is 0 Å². The minimum absolute atomic E-state index is 0.764. The minimum atomic E-state index is 0.764. The lowest BCUT2D eigenvalue weighted by Gasteiger charge is -2.02. The second-order valence-corrected chi connectivity index (χ2v) is 6.19. The lowest BCUT2D eigenvalue weighted by atomic mass is 10.2. The smallest absolute Gasteiger partial charge is 0.212 e. The van der Waals surface area contributed by atoms with Gasteiger partial charge in [0.05, 0.1) is 13.3 Å². The van der Waals surface area contributed by atoms with E-state index < -0.39 is 0 Å². The molecule has 0 aliphatic rings. The Hall–Kier alpha value is -2.60. The van der Waals surface area contributed by atoms with Gasteiger partial charge in [-0.15, -0.1) is 10.2 Å². The molecule has 1 heterocycles. The number of aromatic nitrogens is 3. The molecule has 0 radical (unpaired) electrons. The Balaban J connectivity index is 1.65. The van der Waals surface area contributed by atoms with E-state index >= 15 is 0 Å². The SMILES string of the molecule is COc1ccc(C=Nn2cnnc2SCc2ccc(C)cc2)cc1. The first-order chi connectivity index (χ1) is 11.7. The van der Waals surface area contributed by atoms with Crippen molar-refractivity contribution < 1.29 is 4.74 Å².